The average Bonchev–Trinajstić information content (AvgIpc) is 2.68. The first-order valence-corrected chi connectivity index (χ1v) is 10.5. The number of β-amino-alcohol motifs (C(OH)–C–C–N with tert-alkyl or cyclic N) is 1. The SMILES string of the molecule is O=C(C[C@@H]1CC[C@@H]2[C@H](COC[C@@H](O)CN2C(=O)c2ccccn2)O1)NC1CCC1. The molecule has 1 saturated carbocycles. The number of aromatic nitrogens is 1. The minimum atomic E-state index is -0.755. The zero-order chi connectivity index (χ0) is 20.2. The second-order valence-corrected chi connectivity index (χ2v) is 8.20. The van der Waals surface area contributed by atoms with Crippen molar-refractivity contribution in [2.45, 2.75) is 68.9 Å². The number of hydrogen-bond acceptors (Lipinski definition) is 6. The van der Waals surface area contributed by atoms with Crippen molar-refractivity contribution >= 4 is 11.8 Å². The summed E-state index contributed by atoms with van der Waals surface area (Å²) in [6.45, 7) is 0.604. The molecule has 0 spiro atoms. The fraction of sp³-hybridized carbons (Fsp3) is 0.667. The molecule has 2 N–H and O–H groups in total. The number of carbonyl (C=O) groups is 2. The lowest BCUT2D eigenvalue weighted by atomic mass is 9.92. The molecule has 1 aliphatic carbocycles. The van der Waals surface area contributed by atoms with Crippen LogP contribution in [-0.4, -0.2) is 77.0 Å². The van der Waals surface area contributed by atoms with Crippen LogP contribution in [0.4, 0.5) is 0 Å². The number of pyridine rings is 1. The van der Waals surface area contributed by atoms with E-state index in [2.05, 4.69) is 10.3 Å². The number of carbonyl (C=O) groups excluding carboxylic acids is 2. The van der Waals surface area contributed by atoms with Gasteiger partial charge in [0.1, 0.15) is 11.8 Å². The second-order valence-electron chi connectivity index (χ2n) is 8.20. The van der Waals surface area contributed by atoms with E-state index in [1.165, 1.54) is 6.42 Å². The summed E-state index contributed by atoms with van der Waals surface area (Å²) in [6, 6.07) is 5.31. The molecule has 0 radical (unpaired) electrons. The van der Waals surface area contributed by atoms with Crippen molar-refractivity contribution in [3.05, 3.63) is 30.1 Å². The van der Waals surface area contributed by atoms with Gasteiger partial charge in [0.15, 0.2) is 0 Å². The first-order valence-electron chi connectivity index (χ1n) is 10.5. The summed E-state index contributed by atoms with van der Waals surface area (Å²) in [4.78, 5) is 31.2. The highest BCUT2D eigenvalue weighted by Gasteiger charge is 2.40. The number of rotatable bonds is 4. The maximum Gasteiger partial charge on any atom is 0.272 e. The molecule has 2 saturated heterocycles. The Bertz CT molecular complexity index is 712. The van der Waals surface area contributed by atoms with Crippen LogP contribution in [0.5, 0.6) is 0 Å². The molecule has 3 heterocycles. The third-order valence-electron chi connectivity index (χ3n) is 6.01. The van der Waals surface area contributed by atoms with Crippen LogP contribution in [0.3, 0.4) is 0 Å². The van der Waals surface area contributed by atoms with Crippen LogP contribution < -0.4 is 5.32 Å². The van der Waals surface area contributed by atoms with Gasteiger partial charge >= 0.3 is 0 Å². The molecule has 1 aromatic heterocycles. The molecule has 0 bridgehead atoms. The molecule has 8 nitrogen and oxygen atoms in total. The van der Waals surface area contributed by atoms with Gasteiger partial charge < -0.3 is 24.8 Å². The lowest BCUT2D eigenvalue weighted by molar-refractivity contribution is -0.151. The number of aliphatic hydroxyl groups is 1. The van der Waals surface area contributed by atoms with E-state index in [1.54, 1.807) is 29.3 Å². The van der Waals surface area contributed by atoms with E-state index in [4.69, 9.17) is 9.47 Å². The third kappa shape index (κ3) is 4.94. The molecular formula is C21H29N3O5. The van der Waals surface area contributed by atoms with Crippen LogP contribution in [0.1, 0.15) is 49.0 Å². The largest absolute Gasteiger partial charge is 0.389 e. The Balaban J connectivity index is 1.42. The molecule has 3 aliphatic rings. The molecule has 158 valence electrons. The van der Waals surface area contributed by atoms with Crippen LogP contribution in [0.15, 0.2) is 24.4 Å². The number of amides is 2. The molecule has 4 atom stereocenters. The Morgan fingerprint density at radius 3 is 2.79 bits per heavy atom. The lowest BCUT2D eigenvalue weighted by Gasteiger charge is -2.44. The van der Waals surface area contributed by atoms with Gasteiger partial charge in [-0.15, -0.1) is 0 Å². The number of nitrogens with one attached hydrogen (secondary N) is 1. The molecule has 29 heavy (non-hydrogen) atoms. The maximum atomic E-state index is 13.1. The molecule has 4 rings (SSSR count). The number of fused-ring (bicyclic) bond motifs is 1. The lowest BCUT2D eigenvalue weighted by Crippen LogP contribution is -2.57. The van der Waals surface area contributed by atoms with Crippen LogP contribution in [0.2, 0.25) is 0 Å². The summed E-state index contributed by atoms with van der Waals surface area (Å²) < 4.78 is 11.8. The van der Waals surface area contributed by atoms with E-state index >= 15 is 0 Å². The van der Waals surface area contributed by atoms with Crippen LogP contribution in [0.25, 0.3) is 0 Å². The predicted octanol–water partition coefficient (Wildman–Crippen LogP) is 0.890. The molecule has 2 aliphatic heterocycles. The molecule has 3 fully saturated rings. The number of ether oxygens (including phenoxy) is 2. The van der Waals surface area contributed by atoms with Gasteiger partial charge in [-0.2, -0.15) is 0 Å². The van der Waals surface area contributed by atoms with E-state index in [9.17, 15) is 14.7 Å². The Hall–Kier alpha value is -2.03. The summed E-state index contributed by atoms with van der Waals surface area (Å²) >= 11 is 0. The summed E-state index contributed by atoms with van der Waals surface area (Å²) in [7, 11) is 0. The number of aliphatic hydroxyl groups excluding tert-OH is 1. The van der Waals surface area contributed by atoms with E-state index in [0.29, 0.717) is 31.0 Å². The Labute approximate surface area is 170 Å². The van der Waals surface area contributed by atoms with Crippen molar-refractivity contribution in [2.75, 3.05) is 19.8 Å². The number of nitrogens with zero attached hydrogens (tertiary/aromatic N) is 2. The monoisotopic (exact) mass is 403 g/mol. The van der Waals surface area contributed by atoms with Crippen molar-refractivity contribution in [1.82, 2.24) is 15.2 Å². The molecule has 2 amide bonds. The van der Waals surface area contributed by atoms with Gasteiger partial charge in [-0.25, -0.2) is 0 Å². The second kappa shape index (κ2) is 9.19. The Kier molecular flexibility index (Phi) is 6.42. The quantitative estimate of drug-likeness (QED) is 0.774. The Morgan fingerprint density at radius 2 is 2.07 bits per heavy atom. The smallest absolute Gasteiger partial charge is 0.272 e. The first kappa shape index (κ1) is 20.3. The highest BCUT2D eigenvalue weighted by Crippen LogP contribution is 2.29. The van der Waals surface area contributed by atoms with Gasteiger partial charge in [-0.1, -0.05) is 6.07 Å². The predicted molar refractivity (Wildman–Crippen MR) is 104 cm³/mol. The molecular weight excluding hydrogens is 374 g/mol. The molecule has 1 aromatic rings. The van der Waals surface area contributed by atoms with Crippen LogP contribution >= 0.6 is 0 Å². The summed E-state index contributed by atoms with van der Waals surface area (Å²) in [6.07, 6.45) is 5.32. The van der Waals surface area contributed by atoms with E-state index in [1.807, 2.05) is 0 Å². The van der Waals surface area contributed by atoms with Crippen molar-refractivity contribution < 1.29 is 24.2 Å². The van der Waals surface area contributed by atoms with Crippen molar-refractivity contribution in [1.29, 1.82) is 0 Å². The standard InChI is InChI=1S/C21H29N3O5/c25-15-11-24(21(27)17-6-1-2-9-22-17)18-8-7-16(29-19(18)13-28-12-15)10-20(26)23-14-4-3-5-14/h1-2,6,9,14-16,18-19,25H,3-5,7-8,10-13H2,(H,23,26)/t15-,16-,18+,19-/m0/s1. The molecule has 0 unspecified atom stereocenters. The topological polar surface area (TPSA) is 101 Å². The fourth-order valence-electron chi connectivity index (χ4n) is 4.26. The van der Waals surface area contributed by atoms with Crippen molar-refractivity contribution in [2.24, 2.45) is 0 Å². The normalized spacial score (nSPS) is 30.4. The van der Waals surface area contributed by atoms with Crippen molar-refractivity contribution in [3.63, 3.8) is 0 Å². The minimum Gasteiger partial charge on any atom is -0.389 e. The summed E-state index contributed by atoms with van der Waals surface area (Å²) in [5, 5.41) is 13.3. The third-order valence-corrected chi connectivity index (χ3v) is 6.01. The van der Waals surface area contributed by atoms with Gasteiger partial charge in [-0.05, 0) is 44.2 Å². The van der Waals surface area contributed by atoms with Crippen LogP contribution in [-0.2, 0) is 14.3 Å². The highest BCUT2D eigenvalue weighted by molar-refractivity contribution is 5.92. The van der Waals surface area contributed by atoms with Gasteiger partial charge in [-0.3, -0.25) is 14.6 Å². The maximum absolute atomic E-state index is 13.1. The average molecular weight is 403 g/mol. The number of hydrogen-bond donors (Lipinski definition) is 2. The molecule has 0 aromatic carbocycles. The van der Waals surface area contributed by atoms with E-state index < -0.39 is 6.10 Å². The Morgan fingerprint density at radius 1 is 1.21 bits per heavy atom. The molecule has 8 heteroatoms. The zero-order valence-electron chi connectivity index (χ0n) is 16.5. The minimum absolute atomic E-state index is 0.0294. The fourth-order valence-corrected chi connectivity index (χ4v) is 4.26. The van der Waals surface area contributed by atoms with Gasteiger partial charge in [0.05, 0.1) is 37.9 Å². The van der Waals surface area contributed by atoms with Crippen LogP contribution in [0, 0.1) is 0 Å². The first-order chi connectivity index (χ1) is 14.1. The van der Waals surface area contributed by atoms with E-state index in [-0.39, 0.29) is 49.8 Å². The van der Waals surface area contributed by atoms with Gasteiger partial charge in [0.25, 0.3) is 5.91 Å². The van der Waals surface area contributed by atoms with Crippen molar-refractivity contribution in [3.8, 4) is 0 Å². The van der Waals surface area contributed by atoms with Gasteiger partial charge in [0.2, 0.25) is 5.91 Å². The zero-order valence-corrected chi connectivity index (χ0v) is 16.5. The van der Waals surface area contributed by atoms with E-state index in [0.717, 1.165) is 12.8 Å². The highest BCUT2D eigenvalue weighted by atomic mass is 16.5. The summed E-state index contributed by atoms with van der Waals surface area (Å²) in [5.74, 6) is -0.187. The van der Waals surface area contributed by atoms with Gasteiger partial charge in [0, 0.05) is 18.8 Å². The summed E-state index contributed by atoms with van der Waals surface area (Å²) in [5.41, 5.74) is 0.349.